The van der Waals surface area contributed by atoms with Gasteiger partial charge >= 0.3 is 0 Å². The van der Waals surface area contributed by atoms with E-state index in [-0.39, 0.29) is 0 Å². The van der Waals surface area contributed by atoms with Crippen molar-refractivity contribution in [1.29, 1.82) is 0 Å². The van der Waals surface area contributed by atoms with Crippen LogP contribution in [-0.2, 0) is 0 Å². The van der Waals surface area contributed by atoms with E-state index in [2.05, 4.69) is 134 Å². The molecule has 3 heteroatoms. The van der Waals surface area contributed by atoms with Crippen molar-refractivity contribution in [1.82, 2.24) is 0 Å². The zero-order valence-corrected chi connectivity index (χ0v) is 27.7. The number of hydrogen-bond acceptors (Lipinski definition) is 3. The minimum atomic E-state index is 0.717. The summed E-state index contributed by atoms with van der Waals surface area (Å²) in [4.78, 5) is 0. The SMILES string of the molecule is CC.Cc1ccc2ccccc2c1.NNc1ccccc1-c1c(/C=C(\N)c2ccccc2)c2ccccc2c2ccc3ccccc3c12. The molecule has 0 spiro atoms. The molecule has 0 radical (unpaired) electrons. The number of hydrogen-bond donors (Lipinski definition) is 3. The zero-order valence-electron chi connectivity index (χ0n) is 27.7. The molecule has 0 aromatic heterocycles. The fourth-order valence-electron chi connectivity index (χ4n) is 6.42. The number of fused-ring (bicyclic) bond motifs is 6. The van der Waals surface area contributed by atoms with Crippen LogP contribution in [0, 0.1) is 6.92 Å². The van der Waals surface area contributed by atoms with Gasteiger partial charge in [-0.2, -0.15) is 0 Å². The molecule has 8 aromatic rings. The molecule has 0 heterocycles. The predicted molar refractivity (Wildman–Crippen MR) is 211 cm³/mol. The van der Waals surface area contributed by atoms with Crippen molar-refractivity contribution < 1.29 is 0 Å². The van der Waals surface area contributed by atoms with Crippen molar-refractivity contribution in [3.8, 4) is 11.1 Å². The second kappa shape index (κ2) is 14.7. The molecule has 3 nitrogen and oxygen atoms in total. The maximum atomic E-state index is 6.71. The van der Waals surface area contributed by atoms with Crippen LogP contribution in [0.15, 0.2) is 158 Å². The maximum absolute atomic E-state index is 6.71. The second-order valence-corrected chi connectivity index (χ2v) is 11.5. The van der Waals surface area contributed by atoms with Crippen molar-refractivity contribution in [2.45, 2.75) is 20.8 Å². The molecular weight excluding hydrogens is 583 g/mol. The van der Waals surface area contributed by atoms with Crippen molar-refractivity contribution in [2.24, 2.45) is 11.6 Å². The third-order valence-electron chi connectivity index (χ3n) is 8.62. The highest BCUT2D eigenvalue weighted by atomic mass is 15.2. The first-order valence-electron chi connectivity index (χ1n) is 16.5. The number of nitrogens with one attached hydrogen (secondary N) is 1. The van der Waals surface area contributed by atoms with Gasteiger partial charge in [0.1, 0.15) is 0 Å². The molecule has 0 aliphatic rings. The standard InChI is InChI=1S/C32H25N3.C11H10.C2H6/c33-29(22-11-2-1-3-12-22)20-28-25-15-7-6-14-24(25)26-19-18-21-10-4-5-13-23(21)31(26)32(28)27-16-8-9-17-30(27)35-34;1-9-6-7-10-4-2-3-5-11(10)8-9;1-2/h1-20,35H,33-34H2;2-8H,1H3;1-2H3/b29-20-;;. The Morgan fingerprint density at radius 1 is 0.542 bits per heavy atom. The number of para-hydroxylation sites is 1. The lowest BCUT2D eigenvalue weighted by molar-refractivity contribution is 1.35. The fourth-order valence-corrected chi connectivity index (χ4v) is 6.42. The van der Waals surface area contributed by atoms with Crippen LogP contribution in [0.25, 0.3) is 66.0 Å². The molecule has 0 fully saturated rings. The summed E-state index contributed by atoms with van der Waals surface area (Å²) in [7, 11) is 0. The first kappa shape index (κ1) is 32.1. The summed E-state index contributed by atoms with van der Waals surface area (Å²) < 4.78 is 0. The second-order valence-electron chi connectivity index (χ2n) is 11.5. The highest BCUT2D eigenvalue weighted by Crippen LogP contribution is 2.45. The summed E-state index contributed by atoms with van der Waals surface area (Å²) in [6.45, 7) is 6.12. The van der Waals surface area contributed by atoms with Gasteiger partial charge in [0, 0.05) is 16.8 Å². The lowest BCUT2D eigenvalue weighted by atomic mass is 9.84. The van der Waals surface area contributed by atoms with Crippen LogP contribution in [0.1, 0.15) is 30.5 Å². The highest BCUT2D eigenvalue weighted by Gasteiger charge is 2.19. The van der Waals surface area contributed by atoms with Gasteiger partial charge in [-0.1, -0.05) is 171 Å². The number of rotatable bonds is 4. The number of anilines is 1. The van der Waals surface area contributed by atoms with Crippen LogP contribution >= 0.6 is 0 Å². The average molecular weight is 624 g/mol. The number of nitrogen functional groups attached to an aromatic ring is 1. The van der Waals surface area contributed by atoms with E-state index in [1.165, 1.54) is 43.3 Å². The molecule has 236 valence electrons. The van der Waals surface area contributed by atoms with Crippen molar-refractivity contribution in [3.63, 3.8) is 0 Å². The molecule has 0 unspecified atom stereocenters. The van der Waals surface area contributed by atoms with Gasteiger partial charge in [-0.15, -0.1) is 0 Å². The lowest BCUT2D eigenvalue weighted by Crippen LogP contribution is -2.08. The quantitative estimate of drug-likeness (QED) is 0.0791. The monoisotopic (exact) mass is 623 g/mol. The lowest BCUT2D eigenvalue weighted by Gasteiger charge is -2.20. The van der Waals surface area contributed by atoms with Gasteiger partial charge in [0.25, 0.3) is 0 Å². The van der Waals surface area contributed by atoms with Gasteiger partial charge in [0.2, 0.25) is 0 Å². The molecule has 5 N–H and O–H groups in total. The van der Waals surface area contributed by atoms with E-state index in [0.29, 0.717) is 0 Å². The molecule has 0 aliphatic carbocycles. The molecule has 0 amide bonds. The maximum Gasteiger partial charge on any atom is 0.0563 e. The first-order chi connectivity index (χ1) is 23.6. The van der Waals surface area contributed by atoms with Gasteiger partial charge in [-0.25, -0.2) is 0 Å². The summed E-state index contributed by atoms with van der Waals surface area (Å²) in [6.07, 6.45) is 2.11. The Bertz CT molecular complexity index is 2370. The molecule has 0 bridgehead atoms. The van der Waals surface area contributed by atoms with E-state index >= 15 is 0 Å². The highest BCUT2D eigenvalue weighted by molar-refractivity contribution is 6.26. The Morgan fingerprint density at radius 2 is 1.12 bits per heavy atom. The number of nitrogens with two attached hydrogens (primary N) is 2. The van der Waals surface area contributed by atoms with Crippen LogP contribution in [0.5, 0.6) is 0 Å². The molecule has 0 aliphatic heterocycles. The Kier molecular flexibility index (Phi) is 9.80. The van der Waals surface area contributed by atoms with Crippen LogP contribution in [-0.4, -0.2) is 0 Å². The zero-order chi connectivity index (χ0) is 33.5. The first-order valence-corrected chi connectivity index (χ1v) is 16.5. The van der Waals surface area contributed by atoms with E-state index in [9.17, 15) is 0 Å². The average Bonchev–Trinajstić information content (AvgIpc) is 3.16. The van der Waals surface area contributed by atoms with Gasteiger partial charge in [0.05, 0.1) is 5.69 Å². The van der Waals surface area contributed by atoms with Gasteiger partial charge in [-0.05, 0) is 73.3 Å². The molecule has 48 heavy (non-hydrogen) atoms. The summed E-state index contributed by atoms with van der Waals surface area (Å²) in [5.74, 6) is 6.01. The largest absolute Gasteiger partial charge is 0.398 e. The van der Waals surface area contributed by atoms with E-state index in [1.807, 2.05) is 56.3 Å². The summed E-state index contributed by atoms with van der Waals surface area (Å²) in [5, 5.41) is 9.78. The third kappa shape index (κ3) is 6.37. The predicted octanol–water partition coefficient (Wildman–Crippen LogP) is 11.7. The topological polar surface area (TPSA) is 64.1 Å². The third-order valence-corrected chi connectivity index (χ3v) is 8.62. The van der Waals surface area contributed by atoms with Crippen molar-refractivity contribution in [2.75, 3.05) is 5.43 Å². The minimum Gasteiger partial charge on any atom is -0.398 e. The fraction of sp³-hybridized carbons (Fsp3) is 0.0667. The molecule has 0 atom stereocenters. The Hall–Kier alpha value is -5.90. The van der Waals surface area contributed by atoms with Crippen LogP contribution in [0.3, 0.4) is 0 Å². The minimum absolute atomic E-state index is 0.717. The van der Waals surface area contributed by atoms with Gasteiger partial charge in [-0.3, -0.25) is 5.84 Å². The van der Waals surface area contributed by atoms with Crippen LogP contribution < -0.4 is 17.0 Å². The Labute approximate surface area is 283 Å². The van der Waals surface area contributed by atoms with Gasteiger partial charge in [0.15, 0.2) is 0 Å². The molecule has 8 rings (SSSR count). The smallest absolute Gasteiger partial charge is 0.0563 e. The molecule has 8 aromatic carbocycles. The van der Waals surface area contributed by atoms with Crippen LogP contribution in [0.4, 0.5) is 5.69 Å². The summed E-state index contributed by atoms with van der Waals surface area (Å²) in [5.41, 5.74) is 16.8. The number of benzene rings is 8. The van der Waals surface area contributed by atoms with E-state index < -0.39 is 0 Å². The molecular formula is C45H41N3. The normalized spacial score (nSPS) is 11.1. The van der Waals surface area contributed by atoms with Crippen molar-refractivity contribution >= 4 is 60.6 Å². The summed E-state index contributed by atoms with van der Waals surface area (Å²) >= 11 is 0. The van der Waals surface area contributed by atoms with E-state index in [4.69, 9.17) is 11.6 Å². The van der Waals surface area contributed by atoms with Crippen LogP contribution in [0.2, 0.25) is 0 Å². The Balaban J connectivity index is 0.000000259. The van der Waals surface area contributed by atoms with Crippen molar-refractivity contribution in [3.05, 3.63) is 174 Å². The summed E-state index contributed by atoms with van der Waals surface area (Å²) in [6, 6.07) is 54.7. The number of hydrazine groups is 1. The van der Waals surface area contributed by atoms with Gasteiger partial charge < -0.3 is 11.2 Å². The molecule has 0 saturated heterocycles. The van der Waals surface area contributed by atoms with E-state index in [0.717, 1.165) is 39.0 Å². The number of aryl methyl sites for hydroxylation is 1. The Morgan fingerprint density at radius 3 is 1.88 bits per heavy atom. The molecule has 0 saturated carbocycles. The van der Waals surface area contributed by atoms with E-state index in [1.54, 1.807) is 0 Å².